The number of hydrogen-bond donors (Lipinski definition) is 0. The van der Waals surface area contributed by atoms with Gasteiger partial charge in [0.1, 0.15) is 11.4 Å². The number of fused-ring (bicyclic) bond motifs is 3. The zero-order chi connectivity index (χ0) is 22.3. The third kappa shape index (κ3) is 3.00. The second-order valence-electron chi connectivity index (χ2n) is 8.35. The number of rotatable bonds is 5. The van der Waals surface area contributed by atoms with Gasteiger partial charge in [-0.2, -0.15) is 0 Å². The van der Waals surface area contributed by atoms with E-state index < -0.39 is 5.66 Å². The molecule has 0 N–H and O–H groups in total. The maximum absolute atomic E-state index is 13.9. The molecule has 32 heavy (non-hydrogen) atoms. The van der Waals surface area contributed by atoms with E-state index in [4.69, 9.17) is 4.74 Å². The second-order valence-corrected chi connectivity index (χ2v) is 8.35. The molecule has 2 aliphatic heterocycles. The van der Waals surface area contributed by atoms with Crippen molar-refractivity contribution < 1.29 is 14.3 Å². The molecule has 0 aliphatic carbocycles. The highest BCUT2D eigenvalue weighted by Crippen LogP contribution is 2.50. The monoisotopic (exact) mass is 426 g/mol. The summed E-state index contributed by atoms with van der Waals surface area (Å²) in [6, 6.07) is 23.5. The number of carbonyl (C=O) groups is 2. The average molecular weight is 427 g/mol. The van der Waals surface area contributed by atoms with Gasteiger partial charge in [0.05, 0.1) is 18.4 Å². The molecule has 3 aromatic carbocycles. The standard InChI is InChI=1S/C27H26N2O3/c1-3-19-8-12-21(13-9-19)27-17-16-25(30)29(27)24-7-5-4-6-23(24)26(31)28(27)18-20-10-14-22(32-2)15-11-20/h4-15H,3,16-18H2,1-2H3. The van der Waals surface area contributed by atoms with Crippen molar-refractivity contribution in [2.24, 2.45) is 0 Å². The summed E-state index contributed by atoms with van der Waals surface area (Å²) in [5.41, 5.74) is 3.61. The maximum atomic E-state index is 13.9. The Morgan fingerprint density at radius 2 is 1.59 bits per heavy atom. The molecule has 0 saturated carbocycles. The molecular formula is C27H26N2O3. The zero-order valence-electron chi connectivity index (χ0n) is 18.4. The molecule has 0 aromatic heterocycles. The fourth-order valence-electron chi connectivity index (χ4n) is 5.02. The quantitative estimate of drug-likeness (QED) is 0.583. The summed E-state index contributed by atoms with van der Waals surface area (Å²) in [7, 11) is 1.64. The smallest absolute Gasteiger partial charge is 0.258 e. The Balaban J connectivity index is 1.69. The molecule has 162 valence electrons. The van der Waals surface area contributed by atoms with Gasteiger partial charge in [-0.3, -0.25) is 14.5 Å². The molecule has 2 aliphatic rings. The Hall–Kier alpha value is -3.60. The molecule has 1 atom stereocenters. The highest BCUT2D eigenvalue weighted by atomic mass is 16.5. The van der Waals surface area contributed by atoms with Crippen molar-refractivity contribution in [3.63, 3.8) is 0 Å². The van der Waals surface area contributed by atoms with Crippen molar-refractivity contribution >= 4 is 17.5 Å². The number of methoxy groups -OCH3 is 1. The minimum absolute atomic E-state index is 0.0456. The molecule has 2 heterocycles. The summed E-state index contributed by atoms with van der Waals surface area (Å²) in [5.74, 6) is 0.762. The number of hydrogen-bond acceptors (Lipinski definition) is 3. The molecule has 1 fully saturated rings. The van der Waals surface area contributed by atoms with Crippen LogP contribution in [0, 0.1) is 0 Å². The van der Waals surface area contributed by atoms with Crippen LogP contribution in [-0.2, 0) is 23.4 Å². The number of ether oxygens (including phenoxy) is 1. The fraction of sp³-hybridized carbons (Fsp3) is 0.259. The van der Waals surface area contributed by atoms with E-state index in [1.165, 1.54) is 5.56 Å². The minimum Gasteiger partial charge on any atom is -0.497 e. The van der Waals surface area contributed by atoms with Crippen molar-refractivity contribution in [2.45, 2.75) is 38.4 Å². The van der Waals surface area contributed by atoms with Gasteiger partial charge in [-0.05, 0) is 47.4 Å². The first kappa shape index (κ1) is 20.3. The second kappa shape index (κ2) is 7.83. The van der Waals surface area contributed by atoms with Crippen LogP contribution in [0.25, 0.3) is 0 Å². The maximum Gasteiger partial charge on any atom is 0.258 e. The number of carbonyl (C=O) groups excluding carboxylic acids is 2. The molecule has 0 bridgehead atoms. The lowest BCUT2D eigenvalue weighted by Gasteiger charge is -2.51. The molecule has 0 radical (unpaired) electrons. The SMILES string of the molecule is CCc1ccc(C23CCC(=O)N2c2ccccc2C(=O)N3Cc2ccc(OC)cc2)cc1. The van der Waals surface area contributed by atoms with Gasteiger partial charge in [0.2, 0.25) is 5.91 Å². The van der Waals surface area contributed by atoms with Crippen LogP contribution in [0.1, 0.15) is 46.8 Å². The molecule has 0 spiro atoms. The molecule has 1 saturated heterocycles. The number of benzene rings is 3. The molecule has 1 unspecified atom stereocenters. The van der Waals surface area contributed by atoms with Gasteiger partial charge < -0.3 is 9.64 Å². The zero-order valence-corrected chi connectivity index (χ0v) is 18.4. The Kier molecular flexibility index (Phi) is 4.97. The fourth-order valence-corrected chi connectivity index (χ4v) is 5.02. The number of nitrogens with zero attached hydrogens (tertiary/aromatic N) is 2. The minimum atomic E-state index is -0.839. The lowest BCUT2D eigenvalue weighted by atomic mass is 9.88. The lowest BCUT2D eigenvalue weighted by molar-refractivity contribution is -0.118. The first-order chi connectivity index (χ1) is 15.6. The van der Waals surface area contributed by atoms with Crippen molar-refractivity contribution in [2.75, 3.05) is 12.0 Å². The summed E-state index contributed by atoms with van der Waals surface area (Å²) in [5, 5.41) is 0. The number of amides is 2. The first-order valence-electron chi connectivity index (χ1n) is 11.0. The van der Waals surface area contributed by atoms with Crippen LogP contribution in [0.15, 0.2) is 72.8 Å². The van der Waals surface area contributed by atoms with Gasteiger partial charge in [0, 0.05) is 19.4 Å². The molecular weight excluding hydrogens is 400 g/mol. The van der Waals surface area contributed by atoms with Crippen molar-refractivity contribution in [3.05, 3.63) is 95.1 Å². The van der Waals surface area contributed by atoms with Crippen molar-refractivity contribution in [1.29, 1.82) is 0 Å². The summed E-state index contributed by atoms with van der Waals surface area (Å²) in [6.45, 7) is 2.52. The third-order valence-electron chi connectivity index (χ3n) is 6.70. The molecule has 5 rings (SSSR count). The van der Waals surface area contributed by atoms with Crippen LogP contribution in [-0.4, -0.2) is 23.8 Å². The number of anilines is 1. The van der Waals surface area contributed by atoms with Crippen LogP contribution in [0.5, 0.6) is 5.75 Å². The highest BCUT2D eigenvalue weighted by molar-refractivity contribution is 6.10. The van der Waals surface area contributed by atoms with Gasteiger partial charge in [-0.25, -0.2) is 0 Å². The summed E-state index contributed by atoms with van der Waals surface area (Å²) >= 11 is 0. The van der Waals surface area contributed by atoms with Crippen LogP contribution < -0.4 is 9.64 Å². The molecule has 5 nitrogen and oxygen atoms in total. The average Bonchev–Trinajstić information content (AvgIpc) is 3.20. The van der Waals surface area contributed by atoms with E-state index in [0.29, 0.717) is 30.6 Å². The van der Waals surface area contributed by atoms with Crippen molar-refractivity contribution in [1.82, 2.24) is 4.90 Å². The lowest BCUT2D eigenvalue weighted by Crippen LogP contribution is -2.61. The normalized spacial score (nSPS) is 19.7. The van der Waals surface area contributed by atoms with E-state index in [-0.39, 0.29) is 11.8 Å². The predicted octanol–water partition coefficient (Wildman–Crippen LogP) is 4.89. The van der Waals surface area contributed by atoms with Crippen LogP contribution in [0.2, 0.25) is 0 Å². The summed E-state index contributed by atoms with van der Waals surface area (Å²) < 4.78 is 5.29. The van der Waals surface area contributed by atoms with E-state index in [1.54, 1.807) is 7.11 Å². The van der Waals surface area contributed by atoms with E-state index >= 15 is 0 Å². The summed E-state index contributed by atoms with van der Waals surface area (Å²) in [4.78, 5) is 30.8. The van der Waals surface area contributed by atoms with Crippen LogP contribution in [0.3, 0.4) is 0 Å². The van der Waals surface area contributed by atoms with E-state index in [1.807, 2.05) is 58.3 Å². The molecule has 2 amide bonds. The summed E-state index contributed by atoms with van der Waals surface area (Å²) in [6.07, 6.45) is 1.90. The van der Waals surface area contributed by atoms with E-state index in [0.717, 1.165) is 23.3 Å². The number of para-hydroxylation sites is 1. The topological polar surface area (TPSA) is 49.9 Å². The number of aryl methyl sites for hydroxylation is 1. The van der Waals surface area contributed by atoms with E-state index in [9.17, 15) is 9.59 Å². The van der Waals surface area contributed by atoms with Crippen molar-refractivity contribution in [3.8, 4) is 5.75 Å². The van der Waals surface area contributed by atoms with Crippen LogP contribution in [0.4, 0.5) is 5.69 Å². The third-order valence-corrected chi connectivity index (χ3v) is 6.70. The Labute approximate surface area is 188 Å². The van der Waals surface area contributed by atoms with Gasteiger partial charge in [0.15, 0.2) is 0 Å². The van der Waals surface area contributed by atoms with Gasteiger partial charge >= 0.3 is 0 Å². The Morgan fingerprint density at radius 1 is 0.906 bits per heavy atom. The van der Waals surface area contributed by atoms with Gasteiger partial charge in [-0.1, -0.05) is 55.5 Å². The van der Waals surface area contributed by atoms with E-state index in [2.05, 4.69) is 31.2 Å². The first-order valence-corrected chi connectivity index (χ1v) is 11.0. The molecule has 3 aromatic rings. The highest BCUT2D eigenvalue weighted by Gasteiger charge is 2.56. The Morgan fingerprint density at radius 3 is 2.28 bits per heavy atom. The van der Waals surface area contributed by atoms with Gasteiger partial charge in [-0.15, -0.1) is 0 Å². The molecule has 5 heteroatoms. The van der Waals surface area contributed by atoms with Gasteiger partial charge in [0.25, 0.3) is 5.91 Å². The predicted molar refractivity (Wildman–Crippen MR) is 124 cm³/mol. The van der Waals surface area contributed by atoms with Crippen LogP contribution >= 0.6 is 0 Å². The Bertz CT molecular complexity index is 1170. The largest absolute Gasteiger partial charge is 0.497 e.